The van der Waals surface area contributed by atoms with Crippen LogP contribution < -0.4 is 10.1 Å². The summed E-state index contributed by atoms with van der Waals surface area (Å²) in [6, 6.07) is 13.3. The van der Waals surface area contributed by atoms with Crippen molar-refractivity contribution in [2.45, 2.75) is 38.8 Å². The number of ether oxygens (including phenoxy) is 1. The van der Waals surface area contributed by atoms with Crippen LogP contribution in [0.5, 0.6) is 5.75 Å². The maximum Gasteiger partial charge on any atom is 0.119 e. The van der Waals surface area contributed by atoms with Crippen LogP contribution in [0.3, 0.4) is 0 Å². The highest BCUT2D eigenvalue weighted by Gasteiger charge is 2.23. The van der Waals surface area contributed by atoms with Crippen LogP contribution in [0.2, 0.25) is 0 Å². The molecule has 0 spiro atoms. The van der Waals surface area contributed by atoms with E-state index in [-0.39, 0.29) is 6.04 Å². The van der Waals surface area contributed by atoms with Gasteiger partial charge >= 0.3 is 0 Å². The van der Waals surface area contributed by atoms with Gasteiger partial charge in [0.1, 0.15) is 5.75 Å². The second-order valence-corrected chi connectivity index (χ2v) is 6.64. The largest absolute Gasteiger partial charge is 0.490 e. The normalized spacial score (nSPS) is 16.1. The molecule has 1 aliphatic carbocycles. The predicted octanol–water partition coefficient (Wildman–Crippen LogP) is 4.30. The van der Waals surface area contributed by atoms with Crippen molar-refractivity contribution in [3.05, 3.63) is 51.7 Å². The second-order valence-electron chi connectivity index (χ2n) is 5.33. The minimum absolute atomic E-state index is 0.286. The summed E-state index contributed by atoms with van der Waals surface area (Å²) in [5, 5.41) is 3.57. The molecule has 0 bridgehead atoms. The lowest BCUT2D eigenvalue weighted by molar-refractivity contribution is 0.303. The van der Waals surface area contributed by atoms with E-state index >= 15 is 0 Å². The highest BCUT2D eigenvalue weighted by molar-refractivity contribution is 7.12. The third kappa shape index (κ3) is 3.22. The molecule has 0 amide bonds. The molecular formula is C17H21NOS. The van der Waals surface area contributed by atoms with Gasteiger partial charge in [0.25, 0.3) is 0 Å². The maximum atomic E-state index is 5.81. The summed E-state index contributed by atoms with van der Waals surface area (Å²) in [5.41, 5.74) is 1.30. The first-order valence-electron chi connectivity index (χ1n) is 7.32. The van der Waals surface area contributed by atoms with E-state index in [1.54, 1.807) is 0 Å². The summed E-state index contributed by atoms with van der Waals surface area (Å²) >= 11 is 1.86. The van der Waals surface area contributed by atoms with Crippen molar-refractivity contribution >= 4 is 11.3 Å². The molecule has 1 atom stereocenters. The number of hydrogen-bond donors (Lipinski definition) is 1. The van der Waals surface area contributed by atoms with E-state index in [9.17, 15) is 0 Å². The fourth-order valence-electron chi connectivity index (χ4n) is 2.31. The number of thiophene rings is 1. The number of rotatable bonds is 6. The van der Waals surface area contributed by atoms with Crippen molar-refractivity contribution in [3.63, 3.8) is 0 Å². The number of nitrogens with one attached hydrogen (secondary N) is 1. The third-order valence-corrected chi connectivity index (χ3v) is 4.56. The number of benzene rings is 1. The standard InChI is InChI=1S/C17H21NOS/c1-3-18-17(16-11-4-12(2)20-16)13-5-7-14(8-6-13)19-15-9-10-15/h4-8,11,15,17-18H,3,9-10H2,1-2H3. The van der Waals surface area contributed by atoms with Gasteiger partial charge in [-0.2, -0.15) is 0 Å². The van der Waals surface area contributed by atoms with Crippen molar-refractivity contribution < 1.29 is 4.74 Å². The molecule has 20 heavy (non-hydrogen) atoms. The SMILES string of the molecule is CCNC(c1ccc(OC2CC2)cc1)c1ccc(C)s1. The lowest BCUT2D eigenvalue weighted by Gasteiger charge is -2.17. The Kier molecular flexibility index (Phi) is 4.08. The van der Waals surface area contributed by atoms with E-state index in [0.29, 0.717) is 6.10 Å². The van der Waals surface area contributed by atoms with Gasteiger partial charge in [0.2, 0.25) is 0 Å². The van der Waals surface area contributed by atoms with E-state index < -0.39 is 0 Å². The minimum Gasteiger partial charge on any atom is -0.490 e. The van der Waals surface area contributed by atoms with Gasteiger partial charge in [0.05, 0.1) is 12.1 Å². The molecule has 1 saturated carbocycles. The molecule has 2 nitrogen and oxygen atoms in total. The zero-order valence-corrected chi connectivity index (χ0v) is 12.9. The van der Waals surface area contributed by atoms with E-state index in [2.05, 4.69) is 55.6 Å². The lowest BCUT2D eigenvalue weighted by atomic mass is 10.1. The van der Waals surface area contributed by atoms with E-state index in [4.69, 9.17) is 4.74 Å². The number of aryl methyl sites for hydroxylation is 1. The Labute approximate surface area is 124 Å². The Balaban J connectivity index is 1.79. The minimum atomic E-state index is 0.286. The molecule has 2 aromatic rings. The van der Waals surface area contributed by atoms with Gasteiger partial charge in [-0.05, 0) is 56.1 Å². The Morgan fingerprint density at radius 2 is 1.95 bits per heavy atom. The zero-order valence-electron chi connectivity index (χ0n) is 12.1. The maximum absolute atomic E-state index is 5.81. The Bertz CT molecular complexity index is 557. The molecule has 1 unspecified atom stereocenters. The van der Waals surface area contributed by atoms with Gasteiger partial charge in [-0.15, -0.1) is 11.3 Å². The first kappa shape index (κ1) is 13.7. The predicted molar refractivity (Wildman–Crippen MR) is 84.7 cm³/mol. The van der Waals surface area contributed by atoms with Crippen LogP contribution in [0.25, 0.3) is 0 Å². The summed E-state index contributed by atoms with van der Waals surface area (Å²) in [4.78, 5) is 2.73. The van der Waals surface area contributed by atoms with Gasteiger partial charge in [-0.3, -0.25) is 0 Å². The smallest absolute Gasteiger partial charge is 0.119 e. The van der Waals surface area contributed by atoms with Crippen LogP contribution in [0.4, 0.5) is 0 Å². The summed E-state index contributed by atoms with van der Waals surface area (Å²) in [6.45, 7) is 5.27. The first-order valence-corrected chi connectivity index (χ1v) is 8.14. The quantitative estimate of drug-likeness (QED) is 0.855. The Morgan fingerprint density at radius 1 is 1.20 bits per heavy atom. The molecule has 1 aromatic heterocycles. The molecule has 0 saturated heterocycles. The van der Waals surface area contributed by atoms with Gasteiger partial charge in [0, 0.05) is 9.75 Å². The van der Waals surface area contributed by atoms with Crippen molar-refractivity contribution in [3.8, 4) is 5.75 Å². The molecule has 1 heterocycles. The summed E-state index contributed by atoms with van der Waals surface area (Å²) in [6.07, 6.45) is 2.87. The molecule has 0 aliphatic heterocycles. The van der Waals surface area contributed by atoms with Crippen molar-refractivity contribution in [1.29, 1.82) is 0 Å². The fraction of sp³-hybridized carbons (Fsp3) is 0.412. The lowest BCUT2D eigenvalue weighted by Crippen LogP contribution is -2.20. The van der Waals surface area contributed by atoms with Gasteiger partial charge in [0.15, 0.2) is 0 Å². The highest BCUT2D eigenvalue weighted by atomic mass is 32.1. The zero-order chi connectivity index (χ0) is 13.9. The van der Waals surface area contributed by atoms with E-state index in [0.717, 1.165) is 12.3 Å². The average molecular weight is 287 g/mol. The van der Waals surface area contributed by atoms with Crippen LogP contribution in [0, 0.1) is 6.92 Å². The van der Waals surface area contributed by atoms with Crippen LogP contribution in [-0.4, -0.2) is 12.6 Å². The fourth-order valence-corrected chi connectivity index (χ4v) is 3.29. The van der Waals surface area contributed by atoms with Crippen molar-refractivity contribution in [2.75, 3.05) is 6.54 Å². The second kappa shape index (κ2) is 5.98. The molecular weight excluding hydrogens is 266 g/mol. The van der Waals surface area contributed by atoms with Crippen molar-refractivity contribution in [1.82, 2.24) is 5.32 Å². The van der Waals surface area contributed by atoms with Gasteiger partial charge < -0.3 is 10.1 Å². The summed E-state index contributed by atoms with van der Waals surface area (Å²) < 4.78 is 5.81. The third-order valence-electron chi connectivity index (χ3n) is 3.49. The average Bonchev–Trinajstić information content (AvgIpc) is 3.17. The molecule has 3 heteroatoms. The monoisotopic (exact) mass is 287 g/mol. The van der Waals surface area contributed by atoms with Gasteiger partial charge in [-0.25, -0.2) is 0 Å². The van der Waals surface area contributed by atoms with Crippen LogP contribution in [0.15, 0.2) is 36.4 Å². The topological polar surface area (TPSA) is 21.3 Å². The Hall–Kier alpha value is -1.32. The first-order chi connectivity index (χ1) is 9.76. The Morgan fingerprint density at radius 3 is 2.50 bits per heavy atom. The molecule has 1 aliphatic rings. The van der Waals surface area contributed by atoms with Crippen molar-refractivity contribution in [2.24, 2.45) is 0 Å². The molecule has 0 radical (unpaired) electrons. The molecule has 1 fully saturated rings. The van der Waals surface area contributed by atoms with Crippen LogP contribution in [0.1, 0.15) is 41.1 Å². The highest BCUT2D eigenvalue weighted by Crippen LogP contribution is 2.31. The van der Waals surface area contributed by atoms with Crippen LogP contribution in [-0.2, 0) is 0 Å². The van der Waals surface area contributed by atoms with Crippen LogP contribution >= 0.6 is 11.3 Å². The molecule has 3 rings (SSSR count). The summed E-state index contributed by atoms with van der Waals surface area (Å²) in [5.74, 6) is 0.994. The summed E-state index contributed by atoms with van der Waals surface area (Å²) in [7, 11) is 0. The molecule has 106 valence electrons. The van der Waals surface area contributed by atoms with E-state index in [1.165, 1.54) is 28.2 Å². The van der Waals surface area contributed by atoms with Gasteiger partial charge in [-0.1, -0.05) is 19.1 Å². The molecule has 1 aromatic carbocycles. The molecule has 1 N–H and O–H groups in total. The van der Waals surface area contributed by atoms with E-state index in [1.807, 2.05) is 11.3 Å². The number of hydrogen-bond acceptors (Lipinski definition) is 3.